The van der Waals surface area contributed by atoms with Gasteiger partial charge in [0.15, 0.2) is 0 Å². The van der Waals surface area contributed by atoms with Gasteiger partial charge in [0.1, 0.15) is 0 Å². The fourth-order valence-corrected chi connectivity index (χ4v) is 1.00. The van der Waals surface area contributed by atoms with Crippen LogP contribution in [0, 0.1) is 0 Å². The molecule has 0 fully saturated rings. The largest absolute Gasteiger partial charge is 0.374 e. The number of nitrogens with one attached hydrogen (secondary N) is 1. The Hall–Kier alpha value is -0.790. The van der Waals surface area contributed by atoms with Gasteiger partial charge < -0.3 is 5.32 Å². The van der Waals surface area contributed by atoms with Gasteiger partial charge in [0.05, 0.1) is 5.84 Å². The fraction of sp³-hybridized carbons (Fsp3) is 0.625. The quantitative estimate of drug-likeness (QED) is 0.462. The lowest BCUT2D eigenvalue weighted by Gasteiger charge is -2.01. The van der Waals surface area contributed by atoms with Gasteiger partial charge in [-0.25, -0.2) is 0 Å². The van der Waals surface area contributed by atoms with Crippen molar-refractivity contribution in [2.75, 3.05) is 13.1 Å². The van der Waals surface area contributed by atoms with Crippen LogP contribution in [0.15, 0.2) is 17.6 Å². The van der Waals surface area contributed by atoms with Crippen molar-refractivity contribution < 1.29 is 0 Å². The summed E-state index contributed by atoms with van der Waals surface area (Å²) in [6.07, 6.45) is 5.30. The third kappa shape index (κ3) is 2.21. The van der Waals surface area contributed by atoms with E-state index in [2.05, 4.69) is 16.9 Å². The Morgan fingerprint density at radius 3 is 3.20 bits per heavy atom. The van der Waals surface area contributed by atoms with E-state index in [-0.39, 0.29) is 0 Å². The van der Waals surface area contributed by atoms with Crippen LogP contribution in [-0.4, -0.2) is 18.9 Å². The number of hydrogen-bond acceptors (Lipinski definition) is 2. The monoisotopic (exact) mass is 138 g/mol. The molecule has 0 radical (unpaired) electrons. The highest BCUT2D eigenvalue weighted by Gasteiger charge is 2.02. The van der Waals surface area contributed by atoms with Gasteiger partial charge in [-0.3, -0.25) is 4.99 Å². The lowest BCUT2D eigenvalue weighted by Crippen LogP contribution is -2.21. The molecule has 1 aliphatic heterocycles. The number of aliphatic imine (C=N–C) groups is 1. The predicted octanol–water partition coefficient (Wildman–Crippen LogP) is 1.34. The van der Waals surface area contributed by atoms with Gasteiger partial charge in [-0.05, 0) is 12.8 Å². The van der Waals surface area contributed by atoms with Crippen LogP contribution < -0.4 is 5.32 Å². The average molecular weight is 138 g/mol. The topological polar surface area (TPSA) is 24.4 Å². The van der Waals surface area contributed by atoms with Gasteiger partial charge >= 0.3 is 0 Å². The minimum absolute atomic E-state index is 0.988. The fourth-order valence-electron chi connectivity index (χ4n) is 1.00. The highest BCUT2D eigenvalue weighted by molar-refractivity contribution is 5.83. The van der Waals surface area contributed by atoms with Crippen molar-refractivity contribution in [2.24, 2.45) is 4.99 Å². The Morgan fingerprint density at radius 1 is 1.70 bits per heavy atom. The second-order valence-electron chi connectivity index (χ2n) is 2.44. The van der Waals surface area contributed by atoms with Crippen LogP contribution in [0.5, 0.6) is 0 Å². The second kappa shape index (κ2) is 4.09. The molecule has 0 aromatic rings. The van der Waals surface area contributed by atoms with Crippen molar-refractivity contribution in [3.63, 3.8) is 0 Å². The molecule has 1 aliphatic rings. The molecule has 0 aromatic carbocycles. The predicted molar refractivity (Wildman–Crippen MR) is 44.4 cm³/mol. The first-order valence-corrected chi connectivity index (χ1v) is 3.81. The molecule has 0 aromatic heterocycles. The molecular weight excluding hydrogens is 124 g/mol. The molecule has 0 atom stereocenters. The zero-order valence-electron chi connectivity index (χ0n) is 6.27. The van der Waals surface area contributed by atoms with E-state index in [4.69, 9.17) is 0 Å². The van der Waals surface area contributed by atoms with Crippen LogP contribution in [-0.2, 0) is 0 Å². The second-order valence-corrected chi connectivity index (χ2v) is 2.44. The van der Waals surface area contributed by atoms with Crippen LogP contribution in [0.3, 0.4) is 0 Å². The third-order valence-electron chi connectivity index (χ3n) is 1.55. The van der Waals surface area contributed by atoms with Crippen molar-refractivity contribution in [3.8, 4) is 0 Å². The van der Waals surface area contributed by atoms with E-state index >= 15 is 0 Å². The van der Waals surface area contributed by atoms with E-state index in [0.29, 0.717) is 0 Å². The van der Waals surface area contributed by atoms with E-state index in [0.717, 1.165) is 25.9 Å². The Kier molecular flexibility index (Phi) is 3.00. The summed E-state index contributed by atoms with van der Waals surface area (Å²) < 4.78 is 0. The van der Waals surface area contributed by atoms with Crippen LogP contribution in [0.1, 0.15) is 19.3 Å². The molecule has 0 aliphatic carbocycles. The number of rotatable bonds is 3. The maximum absolute atomic E-state index is 4.28. The van der Waals surface area contributed by atoms with Gasteiger partial charge in [0.25, 0.3) is 0 Å². The molecule has 0 amide bonds. The van der Waals surface area contributed by atoms with Gasteiger partial charge in [0, 0.05) is 19.5 Å². The molecule has 0 unspecified atom stereocenters. The first-order valence-electron chi connectivity index (χ1n) is 3.81. The molecule has 1 rings (SSSR count). The van der Waals surface area contributed by atoms with E-state index in [9.17, 15) is 0 Å². The summed E-state index contributed by atoms with van der Waals surface area (Å²) in [4.78, 5) is 4.28. The van der Waals surface area contributed by atoms with Crippen molar-refractivity contribution >= 4 is 5.84 Å². The summed E-state index contributed by atoms with van der Waals surface area (Å²) in [5.41, 5.74) is 0. The van der Waals surface area contributed by atoms with E-state index in [1.807, 2.05) is 6.08 Å². The molecular formula is C8H14N2. The Balaban J connectivity index is 2.06. The lowest BCUT2D eigenvalue weighted by atomic mass is 10.3. The minimum Gasteiger partial charge on any atom is -0.374 e. The van der Waals surface area contributed by atoms with Crippen molar-refractivity contribution in [1.29, 1.82) is 0 Å². The number of nitrogens with zero attached hydrogens (tertiary/aromatic N) is 1. The van der Waals surface area contributed by atoms with Gasteiger partial charge in [-0.2, -0.15) is 0 Å². The minimum atomic E-state index is 0.988. The summed E-state index contributed by atoms with van der Waals surface area (Å²) in [7, 11) is 0. The Labute approximate surface area is 62.0 Å². The molecule has 0 saturated carbocycles. The first-order chi connectivity index (χ1) is 4.93. The SMILES string of the molecule is C=CCCNC1=NCCC1. The third-order valence-corrected chi connectivity index (χ3v) is 1.55. The van der Waals surface area contributed by atoms with E-state index in [1.54, 1.807) is 0 Å². The van der Waals surface area contributed by atoms with Crippen LogP contribution in [0.2, 0.25) is 0 Å². The maximum atomic E-state index is 4.28. The van der Waals surface area contributed by atoms with Gasteiger partial charge in [-0.15, -0.1) is 6.58 Å². The van der Waals surface area contributed by atoms with E-state index in [1.165, 1.54) is 12.3 Å². The van der Waals surface area contributed by atoms with Crippen LogP contribution >= 0.6 is 0 Å². The normalized spacial score (nSPS) is 16.6. The zero-order valence-corrected chi connectivity index (χ0v) is 6.27. The average Bonchev–Trinajstić information content (AvgIpc) is 2.41. The van der Waals surface area contributed by atoms with Crippen molar-refractivity contribution in [3.05, 3.63) is 12.7 Å². The molecule has 0 saturated heterocycles. The number of amidine groups is 1. The maximum Gasteiger partial charge on any atom is 0.0963 e. The Morgan fingerprint density at radius 2 is 2.60 bits per heavy atom. The highest BCUT2D eigenvalue weighted by atomic mass is 15.0. The molecule has 2 nitrogen and oxygen atoms in total. The molecule has 56 valence electrons. The summed E-state index contributed by atoms with van der Waals surface area (Å²) in [5, 5.41) is 3.26. The van der Waals surface area contributed by atoms with Crippen LogP contribution in [0.25, 0.3) is 0 Å². The van der Waals surface area contributed by atoms with Crippen LogP contribution in [0.4, 0.5) is 0 Å². The summed E-state index contributed by atoms with van der Waals surface area (Å²) in [5.74, 6) is 1.18. The highest BCUT2D eigenvalue weighted by Crippen LogP contribution is 2.00. The molecule has 1 N–H and O–H groups in total. The summed E-state index contributed by atoms with van der Waals surface area (Å²) in [6, 6.07) is 0. The van der Waals surface area contributed by atoms with Crippen molar-refractivity contribution in [1.82, 2.24) is 5.32 Å². The van der Waals surface area contributed by atoms with Crippen molar-refractivity contribution in [2.45, 2.75) is 19.3 Å². The Bertz CT molecular complexity index is 138. The van der Waals surface area contributed by atoms with Gasteiger partial charge in [-0.1, -0.05) is 6.08 Å². The first kappa shape index (κ1) is 7.32. The molecule has 2 heteroatoms. The molecule has 0 bridgehead atoms. The summed E-state index contributed by atoms with van der Waals surface area (Å²) in [6.45, 7) is 5.64. The molecule has 0 spiro atoms. The molecule has 1 heterocycles. The molecule has 10 heavy (non-hydrogen) atoms. The van der Waals surface area contributed by atoms with Gasteiger partial charge in [0.2, 0.25) is 0 Å². The smallest absolute Gasteiger partial charge is 0.0963 e. The summed E-state index contributed by atoms with van der Waals surface area (Å²) >= 11 is 0. The van der Waals surface area contributed by atoms with E-state index < -0.39 is 0 Å². The lowest BCUT2D eigenvalue weighted by molar-refractivity contribution is 0.872. The number of hydrogen-bond donors (Lipinski definition) is 1. The standard InChI is InChI=1S/C8H14N2/c1-2-3-6-9-8-5-4-7-10-8/h2H,1,3-7H2,(H,9,10). The zero-order chi connectivity index (χ0) is 7.23.